The van der Waals surface area contributed by atoms with Gasteiger partial charge in [-0.1, -0.05) is 19.0 Å². The van der Waals surface area contributed by atoms with Crippen LogP contribution in [0.15, 0.2) is 53.3 Å². The number of rotatable bonds is 7. The summed E-state index contributed by atoms with van der Waals surface area (Å²) in [5.74, 6) is 0.307. The molecule has 1 N–H and O–H groups in total. The topological polar surface area (TPSA) is 84.5 Å². The lowest BCUT2D eigenvalue weighted by molar-refractivity contribution is 0.528. The molecule has 0 fully saturated rings. The Labute approximate surface area is 170 Å². The molecule has 7 nitrogen and oxygen atoms in total. The maximum atomic E-state index is 13.4. The summed E-state index contributed by atoms with van der Waals surface area (Å²) in [7, 11) is 0. The van der Waals surface area contributed by atoms with Gasteiger partial charge in [0.15, 0.2) is 4.96 Å². The number of benzene rings is 1. The summed E-state index contributed by atoms with van der Waals surface area (Å²) >= 11 is 1.51. The first-order valence-corrected chi connectivity index (χ1v) is 10.1. The van der Waals surface area contributed by atoms with Crippen LogP contribution in [0.5, 0.6) is 0 Å². The zero-order valence-corrected chi connectivity index (χ0v) is 16.7. The molecular weight excluding hydrogens is 391 g/mol. The highest BCUT2D eigenvalue weighted by Crippen LogP contribution is 2.33. The highest BCUT2D eigenvalue weighted by atomic mass is 32.1. The van der Waals surface area contributed by atoms with E-state index in [9.17, 15) is 9.30 Å². The largest absolute Gasteiger partial charge is 0.349 e. The van der Waals surface area contributed by atoms with Crippen molar-refractivity contribution in [3.63, 3.8) is 0 Å². The van der Waals surface area contributed by atoms with Crippen molar-refractivity contribution in [1.82, 2.24) is 19.4 Å². The van der Waals surface area contributed by atoms with Crippen LogP contribution in [-0.2, 0) is 0 Å². The molecule has 29 heavy (non-hydrogen) atoms. The number of halogens is 1. The Bertz CT molecular complexity index is 1140. The van der Waals surface area contributed by atoms with Crippen molar-refractivity contribution in [1.29, 1.82) is 0 Å². The summed E-state index contributed by atoms with van der Waals surface area (Å²) < 4.78 is 15.4. The lowest BCUT2D eigenvalue weighted by atomic mass is 10.1. The Balaban J connectivity index is 1.78. The van der Waals surface area contributed by atoms with Crippen molar-refractivity contribution in [3.8, 4) is 22.6 Å². The number of nitroso groups, excluding NO2 is 1. The first kappa shape index (κ1) is 19.1. The number of nitrogens with one attached hydrogen (secondary N) is 1. The molecule has 3 heterocycles. The fourth-order valence-electron chi connectivity index (χ4n) is 3.07. The predicted octanol–water partition coefficient (Wildman–Crippen LogP) is 4.86. The normalized spacial score (nSPS) is 12.4. The third kappa shape index (κ3) is 3.86. The second kappa shape index (κ2) is 8.04. The van der Waals surface area contributed by atoms with E-state index in [-0.39, 0.29) is 24.3 Å². The van der Waals surface area contributed by atoms with Gasteiger partial charge in [0.1, 0.15) is 18.1 Å². The minimum absolute atomic E-state index is 0.132. The molecule has 0 radical (unpaired) electrons. The van der Waals surface area contributed by atoms with Crippen LogP contribution in [0.1, 0.15) is 13.8 Å². The van der Waals surface area contributed by atoms with Crippen molar-refractivity contribution in [2.24, 2.45) is 11.1 Å². The summed E-state index contributed by atoms with van der Waals surface area (Å²) in [6.07, 6.45) is 3.59. The molecule has 1 atom stereocenters. The second-order valence-electron chi connectivity index (χ2n) is 6.94. The molecule has 0 saturated heterocycles. The van der Waals surface area contributed by atoms with E-state index >= 15 is 0 Å². The zero-order chi connectivity index (χ0) is 20.4. The minimum Gasteiger partial charge on any atom is -0.349 e. The van der Waals surface area contributed by atoms with Gasteiger partial charge in [0.05, 0.1) is 17.4 Å². The molecule has 0 saturated carbocycles. The molecular formula is C20H19FN6OS. The van der Waals surface area contributed by atoms with Gasteiger partial charge in [0.25, 0.3) is 0 Å². The van der Waals surface area contributed by atoms with Crippen LogP contribution in [0.25, 0.3) is 27.6 Å². The van der Waals surface area contributed by atoms with E-state index in [0.717, 1.165) is 21.9 Å². The summed E-state index contributed by atoms with van der Waals surface area (Å²) in [6, 6.07) is 7.89. The van der Waals surface area contributed by atoms with Crippen molar-refractivity contribution in [3.05, 3.63) is 58.8 Å². The standard InChI is InChI=1S/C20H19FN6OS/c1-12(2)16(11-23-28)25-19-22-8-7-15(24-19)18-17(13-3-5-14(21)6-4-13)26-20-27(18)9-10-29-20/h3-10,12,16H,11H2,1-2H3,(H,22,24,25)/t16-/m0/s1. The lowest BCUT2D eigenvalue weighted by Crippen LogP contribution is -2.29. The van der Waals surface area contributed by atoms with Gasteiger partial charge in [0.2, 0.25) is 5.95 Å². The van der Waals surface area contributed by atoms with Gasteiger partial charge in [-0.05, 0) is 36.2 Å². The van der Waals surface area contributed by atoms with Gasteiger partial charge in [0, 0.05) is 23.3 Å². The molecule has 0 spiro atoms. The molecule has 148 valence electrons. The SMILES string of the molecule is CC(C)[C@H](CN=O)Nc1nccc(-c2c(-c3ccc(F)cc3)nc3sccn23)n1. The number of aromatic nitrogens is 4. The maximum absolute atomic E-state index is 13.4. The van der Waals surface area contributed by atoms with Crippen LogP contribution in [-0.4, -0.2) is 31.9 Å². The van der Waals surface area contributed by atoms with Crippen LogP contribution in [0, 0.1) is 16.6 Å². The molecule has 9 heteroatoms. The average molecular weight is 410 g/mol. The minimum atomic E-state index is -0.298. The van der Waals surface area contributed by atoms with E-state index in [1.165, 1.54) is 23.5 Å². The molecule has 3 aromatic heterocycles. The fourth-order valence-corrected chi connectivity index (χ4v) is 3.78. The number of thiazole rings is 1. The summed E-state index contributed by atoms with van der Waals surface area (Å²) in [4.78, 5) is 25.2. The highest BCUT2D eigenvalue weighted by molar-refractivity contribution is 7.15. The van der Waals surface area contributed by atoms with Crippen molar-refractivity contribution < 1.29 is 4.39 Å². The third-order valence-corrected chi connectivity index (χ3v) is 5.43. The molecule has 0 aliphatic rings. The van der Waals surface area contributed by atoms with Crippen LogP contribution < -0.4 is 5.32 Å². The van der Waals surface area contributed by atoms with Gasteiger partial charge < -0.3 is 5.32 Å². The van der Waals surface area contributed by atoms with Crippen LogP contribution >= 0.6 is 11.3 Å². The smallest absolute Gasteiger partial charge is 0.223 e. The third-order valence-electron chi connectivity index (χ3n) is 4.67. The molecule has 0 bridgehead atoms. The quantitative estimate of drug-likeness (QED) is 0.440. The van der Waals surface area contributed by atoms with Gasteiger partial charge in [-0.3, -0.25) is 4.40 Å². The molecule has 0 aliphatic carbocycles. The number of hydrogen-bond acceptors (Lipinski definition) is 7. The van der Waals surface area contributed by atoms with Crippen LogP contribution in [0.4, 0.5) is 10.3 Å². The average Bonchev–Trinajstić information content (AvgIpc) is 3.29. The second-order valence-corrected chi connectivity index (χ2v) is 7.82. The lowest BCUT2D eigenvalue weighted by Gasteiger charge is -2.19. The van der Waals surface area contributed by atoms with Gasteiger partial charge in [-0.15, -0.1) is 11.3 Å². The molecule has 0 amide bonds. The van der Waals surface area contributed by atoms with E-state index in [2.05, 4.69) is 20.5 Å². The number of imidazole rings is 1. The van der Waals surface area contributed by atoms with Crippen molar-refractivity contribution in [2.75, 3.05) is 11.9 Å². The first-order valence-electron chi connectivity index (χ1n) is 9.17. The van der Waals surface area contributed by atoms with Gasteiger partial charge in [-0.2, -0.15) is 4.91 Å². The number of anilines is 1. The predicted molar refractivity (Wildman–Crippen MR) is 112 cm³/mol. The monoisotopic (exact) mass is 410 g/mol. The van der Waals surface area contributed by atoms with Gasteiger partial charge >= 0.3 is 0 Å². The number of hydrogen-bond donors (Lipinski definition) is 1. The fraction of sp³-hybridized carbons (Fsp3) is 0.250. The van der Waals surface area contributed by atoms with Gasteiger partial charge in [-0.25, -0.2) is 19.3 Å². The Morgan fingerprint density at radius 3 is 2.72 bits per heavy atom. The highest BCUT2D eigenvalue weighted by Gasteiger charge is 2.20. The summed E-state index contributed by atoms with van der Waals surface area (Å²) in [6.45, 7) is 4.14. The summed E-state index contributed by atoms with van der Waals surface area (Å²) in [5, 5.41) is 8.16. The van der Waals surface area contributed by atoms with Crippen molar-refractivity contribution in [2.45, 2.75) is 19.9 Å². The molecule has 4 rings (SSSR count). The van der Waals surface area contributed by atoms with E-state index in [4.69, 9.17) is 4.98 Å². The van der Waals surface area contributed by atoms with E-state index in [1.807, 2.05) is 35.9 Å². The Morgan fingerprint density at radius 1 is 1.21 bits per heavy atom. The number of fused-ring (bicyclic) bond motifs is 1. The van der Waals surface area contributed by atoms with E-state index in [0.29, 0.717) is 11.6 Å². The van der Waals surface area contributed by atoms with E-state index < -0.39 is 0 Å². The van der Waals surface area contributed by atoms with Crippen LogP contribution in [0.3, 0.4) is 0 Å². The van der Waals surface area contributed by atoms with E-state index in [1.54, 1.807) is 18.3 Å². The zero-order valence-electron chi connectivity index (χ0n) is 15.9. The maximum Gasteiger partial charge on any atom is 0.223 e. The Hall–Kier alpha value is -3.20. The molecule has 0 unspecified atom stereocenters. The molecule has 0 aliphatic heterocycles. The first-order chi connectivity index (χ1) is 14.1. The van der Waals surface area contributed by atoms with Crippen LogP contribution in [0.2, 0.25) is 0 Å². The molecule has 4 aromatic rings. The summed E-state index contributed by atoms with van der Waals surface area (Å²) in [5.41, 5.74) is 2.99. The number of nitrogens with zero attached hydrogens (tertiary/aromatic N) is 5. The molecule has 1 aromatic carbocycles. The Morgan fingerprint density at radius 2 is 2.00 bits per heavy atom. The Kier molecular flexibility index (Phi) is 5.30. The van der Waals surface area contributed by atoms with Crippen molar-refractivity contribution >= 4 is 22.2 Å².